The average molecular weight is 567 g/mol. The van der Waals surface area contributed by atoms with Crippen molar-refractivity contribution in [3.8, 4) is 5.69 Å². The number of anilines is 1. The number of benzene rings is 4. The lowest BCUT2D eigenvalue weighted by Gasteiger charge is -2.12. The highest BCUT2D eigenvalue weighted by atomic mass is 35.5. The van der Waals surface area contributed by atoms with Crippen LogP contribution < -0.4 is 10.6 Å². The summed E-state index contributed by atoms with van der Waals surface area (Å²) in [5, 5.41) is 18.3. The van der Waals surface area contributed by atoms with E-state index in [1.165, 1.54) is 11.8 Å². The number of amides is 2. The Kier molecular flexibility index (Phi) is 8.65. The summed E-state index contributed by atoms with van der Waals surface area (Å²) >= 11 is 7.55. The van der Waals surface area contributed by atoms with Crippen LogP contribution in [0.25, 0.3) is 11.8 Å². The lowest BCUT2D eigenvalue weighted by atomic mass is 10.1. The number of nitrogens with zero attached hydrogens (tertiary/aromatic N) is 4. The van der Waals surface area contributed by atoms with E-state index < -0.39 is 11.8 Å². The molecule has 0 atom stereocenters. The molecule has 5 rings (SSSR count). The largest absolute Gasteiger partial charge is 0.321 e. The minimum absolute atomic E-state index is 0.0938. The number of carbonyl (C=O) groups is 2. The van der Waals surface area contributed by atoms with Crippen LogP contribution in [0.1, 0.15) is 21.7 Å². The van der Waals surface area contributed by atoms with E-state index in [2.05, 4.69) is 26.2 Å². The molecule has 0 spiro atoms. The van der Waals surface area contributed by atoms with Crippen molar-refractivity contribution < 1.29 is 9.59 Å². The first-order valence-corrected chi connectivity index (χ1v) is 13.6. The van der Waals surface area contributed by atoms with Crippen molar-refractivity contribution in [1.29, 1.82) is 0 Å². The molecule has 198 valence electrons. The van der Waals surface area contributed by atoms with Crippen LogP contribution >= 0.6 is 23.4 Å². The lowest BCUT2D eigenvalue weighted by Crippen LogP contribution is -2.30. The molecule has 0 saturated carbocycles. The van der Waals surface area contributed by atoms with Crippen molar-refractivity contribution in [1.82, 2.24) is 25.5 Å². The molecular weight excluding hydrogens is 544 g/mol. The van der Waals surface area contributed by atoms with E-state index in [4.69, 9.17) is 11.6 Å². The van der Waals surface area contributed by atoms with E-state index in [9.17, 15) is 9.59 Å². The van der Waals surface area contributed by atoms with Crippen LogP contribution in [0.3, 0.4) is 0 Å². The van der Waals surface area contributed by atoms with Gasteiger partial charge in [-0.25, -0.2) is 0 Å². The van der Waals surface area contributed by atoms with E-state index in [0.717, 1.165) is 10.6 Å². The van der Waals surface area contributed by atoms with Gasteiger partial charge in [0.25, 0.3) is 11.8 Å². The van der Waals surface area contributed by atoms with E-state index in [0.29, 0.717) is 33.4 Å². The fourth-order valence-electron chi connectivity index (χ4n) is 3.74. The summed E-state index contributed by atoms with van der Waals surface area (Å²) < 4.78 is 1.70. The molecule has 0 radical (unpaired) electrons. The second kappa shape index (κ2) is 12.9. The molecule has 0 fully saturated rings. The summed E-state index contributed by atoms with van der Waals surface area (Å²) in [4.78, 5) is 27.1. The predicted molar refractivity (Wildman–Crippen MR) is 157 cm³/mol. The Hall–Kier alpha value is -4.73. The number of tetrazole rings is 1. The Bertz CT molecular complexity index is 1640. The van der Waals surface area contributed by atoms with Gasteiger partial charge in [0.2, 0.25) is 0 Å². The number of rotatable bonds is 9. The molecule has 8 nitrogen and oxygen atoms in total. The Morgan fingerprint density at radius 2 is 1.60 bits per heavy atom. The molecule has 0 aliphatic heterocycles. The number of thioether (sulfide) groups is 1. The van der Waals surface area contributed by atoms with Crippen molar-refractivity contribution in [3.05, 3.63) is 137 Å². The quantitative estimate of drug-likeness (QED) is 0.167. The molecule has 0 bridgehead atoms. The number of para-hydroxylation sites is 1. The van der Waals surface area contributed by atoms with Gasteiger partial charge in [0.15, 0.2) is 5.82 Å². The van der Waals surface area contributed by atoms with Crippen LogP contribution in [-0.4, -0.2) is 32.0 Å². The fraction of sp³-hybridized carbons (Fsp3) is 0.0333. The third kappa shape index (κ3) is 7.02. The van der Waals surface area contributed by atoms with E-state index >= 15 is 0 Å². The van der Waals surface area contributed by atoms with Gasteiger partial charge in [-0.15, -0.1) is 16.9 Å². The zero-order valence-corrected chi connectivity index (χ0v) is 22.6. The van der Waals surface area contributed by atoms with E-state index in [-0.39, 0.29) is 5.70 Å². The van der Waals surface area contributed by atoms with Gasteiger partial charge in [-0.1, -0.05) is 66.2 Å². The summed E-state index contributed by atoms with van der Waals surface area (Å²) in [5.41, 5.74) is 2.70. The average Bonchev–Trinajstić information content (AvgIpc) is 3.47. The summed E-state index contributed by atoms with van der Waals surface area (Å²) in [6.07, 6.45) is 1.61. The third-order valence-electron chi connectivity index (χ3n) is 5.70. The smallest absolute Gasteiger partial charge is 0.272 e. The zero-order valence-electron chi connectivity index (χ0n) is 21.1. The molecule has 2 N–H and O–H groups in total. The third-order valence-corrected chi connectivity index (χ3v) is 6.95. The summed E-state index contributed by atoms with van der Waals surface area (Å²) in [5.74, 6) is 0.363. The van der Waals surface area contributed by atoms with Gasteiger partial charge in [-0.05, 0) is 76.7 Å². The van der Waals surface area contributed by atoms with Crippen LogP contribution in [0.15, 0.2) is 120 Å². The minimum atomic E-state index is -0.464. The fourth-order valence-corrected chi connectivity index (χ4v) is 4.73. The molecule has 1 aromatic heterocycles. The molecular formula is C30H23ClN6O2S. The van der Waals surface area contributed by atoms with Gasteiger partial charge in [0, 0.05) is 21.2 Å². The molecule has 5 aromatic rings. The zero-order chi connectivity index (χ0) is 27.7. The second-order valence-corrected chi connectivity index (χ2v) is 10.0. The molecule has 0 aliphatic carbocycles. The maximum absolute atomic E-state index is 13.4. The van der Waals surface area contributed by atoms with Gasteiger partial charge >= 0.3 is 0 Å². The van der Waals surface area contributed by atoms with Crippen LogP contribution in [0.5, 0.6) is 0 Å². The number of halogens is 1. The first-order chi connectivity index (χ1) is 19.5. The second-order valence-electron chi connectivity index (χ2n) is 8.54. The highest BCUT2D eigenvalue weighted by molar-refractivity contribution is 7.98. The van der Waals surface area contributed by atoms with Crippen LogP contribution in [-0.2, 0) is 10.5 Å². The maximum Gasteiger partial charge on any atom is 0.272 e. The molecule has 0 unspecified atom stereocenters. The van der Waals surface area contributed by atoms with E-state index in [1.807, 2.05) is 54.6 Å². The Labute approximate surface area is 240 Å². The van der Waals surface area contributed by atoms with Crippen molar-refractivity contribution in [2.24, 2.45) is 0 Å². The lowest BCUT2D eigenvalue weighted by molar-refractivity contribution is -0.113. The molecule has 10 heteroatoms. The summed E-state index contributed by atoms with van der Waals surface area (Å²) in [6, 6.07) is 32.8. The predicted octanol–water partition coefficient (Wildman–Crippen LogP) is 6.02. The van der Waals surface area contributed by atoms with Crippen LogP contribution in [0.2, 0.25) is 5.02 Å². The Morgan fingerprint density at radius 1 is 0.875 bits per heavy atom. The molecule has 0 aliphatic rings. The van der Waals surface area contributed by atoms with Crippen LogP contribution in [0, 0.1) is 0 Å². The highest BCUT2D eigenvalue weighted by Gasteiger charge is 2.16. The SMILES string of the molecule is O=C(Nc1cccc(SCc2nnnn2-c2ccccc2)c1)/C(=C\c1ccc(Cl)cc1)NC(=O)c1ccccc1. The van der Waals surface area contributed by atoms with E-state index in [1.54, 1.807) is 65.4 Å². The standard InChI is InChI=1S/C30H23ClN6O2S/c31-23-16-14-21(15-17-23)18-27(33-29(38)22-8-3-1-4-9-22)30(39)32-24-10-7-13-26(19-24)40-20-28-34-35-36-37(28)25-11-5-2-6-12-25/h1-19H,20H2,(H,32,39)(H,33,38)/b27-18+. The van der Waals surface area contributed by atoms with Gasteiger partial charge in [0.1, 0.15) is 5.70 Å². The first kappa shape index (κ1) is 26.9. The number of hydrogen-bond acceptors (Lipinski definition) is 6. The summed E-state index contributed by atoms with van der Waals surface area (Å²) in [6.45, 7) is 0. The number of nitrogens with one attached hydrogen (secondary N) is 2. The maximum atomic E-state index is 13.4. The summed E-state index contributed by atoms with van der Waals surface area (Å²) in [7, 11) is 0. The van der Waals surface area contributed by atoms with Gasteiger partial charge in [-0.2, -0.15) is 4.68 Å². The van der Waals surface area contributed by atoms with Gasteiger partial charge in [0.05, 0.1) is 11.4 Å². The molecule has 0 saturated heterocycles. The molecule has 1 heterocycles. The highest BCUT2D eigenvalue weighted by Crippen LogP contribution is 2.25. The first-order valence-electron chi connectivity index (χ1n) is 12.3. The number of carbonyl (C=O) groups excluding carboxylic acids is 2. The Balaban J connectivity index is 1.31. The van der Waals surface area contributed by atoms with Crippen LogP contribution in [0.4, 0.5) is 5.69 Å². The number of aromatic nitrogens is 4. The monoisotopic (exact) mass is 566 g/mol. The molecule has 4 aromatic carbocycles. The molecule has 40 heavy (non-hydrogen) atoms. The van der Waals surface area contributed by atoms with Gasteiger partial charge in [-0.3, -0.25) is 9.59 Å². The minimum Gasteiger partial charge on any atom is -0.321 e. The van der Waals surface area contributed by atoms with Crippen molar-refractivity contribution in [2.75, 3.05) is 5.32 Å². The Morgan fingerprint density at radius 3 is 2.35 bits per heavy atom. The van der Waals surface area contributed by atoms with Gasteiger partial charge < -0.3 is 10.6 Å². The number of hydrogen-bond donors (Lipinski definition) is 2. The topological polar surface area (TPSA) is 102 Å². The van der Waals surface area contributed by atoms with Crippen molar-refractivity contribution in [3.63, 3.8) is 0 Å². The normalized spacial score (nSPS) is 11.2. The van der Waals surface area contributed by atoms with Crippen molar-refractivity contribution in [2.45, 2.75) is 10.6 Å². The molecule has 2 amide bonds. The van der Waals surface area contributed by atoms with Crippen molar-refractivity contribution >= 4 is 46.9 Å².